The Kier molecular flexibility index (Phi) is 6.76. The van der Waals surface area contributed by atoms with E-state index in [2.05, 4.69) is 46.2 Å². The number of aromatic nitrogens is 2. The van der Waals surface area contributed by atoms with Crippen LogP contribution in [0.5, 0.6) is 0 Å². The first kappa shape index (κ1) is 23.1. The van der Waals surface area contributed by atoms with Crippen LogP contribution in [-0.4, -0.2) is 68.3 Å². The predicted octanol–water partition coefficient (Wildman–Crippen LogP) is 3.99. The quantitative estimate of drug-likeness (QED) is 0.572. The molecule has 0 spiro atoms. The molecule has 0 atom stereocenters. The number of thiophene rings is 1. The van der Waals surface area contributed by atoms with E-state index in [0.29, 0.717) is 24.0 Å². The first-order valence-corrected chi connectivity index (χ1v) is 12.9. The van der Waals surface area contributed by atoms with Crippen molar-refractivity contribution in [3.05, 3.63) is 34.8 Å². The SMILES string of the molecule is Cc1nn(CC(C)C)c2sc(C(=O)Nc3ccc(N4CCOCC4)cc3N3CCOCC3)cc12. The van der Waals surface area contributed by atoms with Gasteiger partial charge in [0.2, 0.25) is 0 Å². The van der Waals surface area contributed by atoms with Crippen LogP contribution in [0.1, 0.15) is 29.2 Å². The summed E-state index contributed by atoms with van der Waals surface area (Å²) in [4.78, 5) is 19.8. The van der Waals surface area contributed by atoms with Crippen molar-refractivity contribution < 1.29 is 14.3 Å². The topological polar surface area (TPSA) is 71.9 Å². The van der Waals surface area contributed by atoms with E-state index in [1.54, 1.807) is 0 Å². The third-order valence-corrected chi connectivity index (χ3v) is 7.47. The Hall–Kier alpha value is -2.62. The number of carbonyl (C=O) groups is 1. The first-order chi connectivity index (χ1) is 16.5. The number of rotatable bonds is 6. The highest BCUT2D eigenvalue weighted by Crippen LogP contribution is 2.34. The lowest BCUT2D eigenvalue weighted by molar-refractivity contribution is 0.103. The number of carbonyl (C=O) groups excluding carboxylic acids is 1. The number of hydrogen-bond donors (Lipinski definition) is 1. The van der Waals surface area contributed by atoms with Crippen molar-refractivity contribution in [1.29, 1.82) is 0 Å². The zero-order chi connectivity index (χ0) is 23.7. The van der Waals surface area contributed by atoms with Gasteiger partial charge in [-0.05, 0) is 37.1 Å². The molecule has 0 unspecified atom stereocenters. The van der Waals surface area contributed by atoms with Gasteiger partial charge in [0.25, 0.3) is 5.91 Å². The molecule has 1 N–H and O–H groups in total. The Morgan fingerprint density at radius 1 is 1.06 bits per heavy atom. The molecule has 2 saturated heterocycles. The summed E-state index contributed by atoms with van der Waals surface area (Å²) in [5.74, 6) is 0.410. The van der Waals surface area contributed by atoms with Gasteiger partial charge in [-0.3, -0.25) is 9.48 Å². The minimum absolute atomic E-state index is 0.0784. The molecule has 2 fully saturated rings. The molecule has 5 rings (SSSR count). The Balaban J connectivity index is 1.43. The fraction of sp³-hybridized carbons (Fsp3) is 0.520. The van der Waals surface area contributed by atoms with Crippen molar-refractivity contribution in [2.45, 2.75) is 27.3 Å². The van der Waals surface area contributed by atoms with Crippen LogP contribution in [0.15, 0.2) is 24.3 Å². The Labute approximate surface area is 204 Å². The van der Waals surface area contributed by atoms with Crippen LogP contribution in [-0.2, 0) is 16.0 Å². The van der Waals surface area contributed by atoms with Crippen molar-refractivity contribution in [1.82, 2.24) is 9.78 Å². The van der Waals surface area contributed by atoms with Crippen LogP contribution in [0.2, 0.25) is 0 Å². The number of nitrogens with one attached hydrogen (secondary N) is 1. The lowest BCUT2D eigenvalue weighted by atomic mass is 10.1. The first-order valence-electron chi connectivity index (χ1n) is 12.1. The smallest absolute Gasteiger partial charge is 0.265 e. The van der Waals surface area contributed by atoms with Gasteiger partial charge in [-0.15, -0.1) is 11.3 Å². The van der Waals surface area contributed by atoms with Crippen molar-refractivity contribution >= 4 is 44.5 Å². The highest BCUT2D eigenvalue weighted by atomic mass is 32.1. The number of ether oxygens (including phenoxy) is 2. The standard InChI is InChI=1S/C25H33N5O3S/c1-17(2)16-30-25-20(18(3)27-30)15-23(34-25)24(31)26-21-5-4-19(28-6-10-32-11-7-28)14-22(21)29-8-12-33-13-9-29/h4-5,14-15,17H,6-13,16H2,1-3H3,(H,26,31). The number of amides is 1. The maximum Gasteiger partial charge on any atom is 0.265 e. The van der Waals surface area contributed by atoms with Gasteiger partial charge in [0.15, 0.2) is 0 Å². The maximum absolute atomic E-state index is 13.3. The zero-order valence-corrected chi connectivity index (χ0v) is 21.0. The normalized spacial score (nSPS) is 17.1. The average Bonchev–Trinajstić information content (AvgIpc) is 3.41. The molecule has 1 aromatic carbocycles. The van der Waals surface area contributed by atoms with Crippen molar-refractivity contribution in [3.63, 3.8) is 0 Å². The summed E-state index contributed by atoms with van der Waals surface area (Å²) >= 11 is 1.51. The van der Waals surface area contributed by atoms with E-state index in [-0.39, 0.29) is 5.91 Å². The third-order valence-electron chi connectivity index (χ3n) is 6.33. The second kappa shape index (κ2) is 9.93. The molecule has 2 aliphatic rings. The van der Waals surface area contributed by atoms with Gasteiger partial charge in [0.05, 0.1) is 48.4 Å². The summed E-state index contributed by atoms with van der Waals surface area (Å²) in [5, 5.41) is 8.93. The van der Waals surface area contributed by atoms with Crippen LogP contribution < -0.4 is 15.1 Å². The minimum Gasteiger partial charge on any atom is -0.378 e. The van der Waals surface area contributed by atoms with E-state index < -0.39 is 0 Å². The van der Waals surface area contributed by atoms with Gasteiger partial charge in [-0.25, -0.2) is 0 Å². The summed E-state index contributed by atoms with van der Waals surface area (Å²) in [6.07, 6.45) is 0. The minimum atomic E-state index is -0.0784. The second-order valence-corrected chi connectivity index (χ2v) is 10.4. The number of benzene rings is 1. The molecule has 2 aromatic heterocycles. The summed E-state index contributed by atoms with van der Waals surface area (Å²) < 4.78 is 13.1. The lowest BCUT2D eigenvalue weighted by Crippen LogP contribution is -2.38. The van der Waals surface area contributed by atoms with Crippen molar-refractivity contribution in [2.75, 3.05) is 67.7 Å². The molecule has 1 amide bonds. The summed E-state index contributed by atoms with van der Waals surface area (Å²) in [7, 11) is 0. The number of fused-ring (bicyclic) bond motifs is 1. The van der Waals surface area contributed by atoms with Gasteiger partial charge in [-0.1, -0.05) is 13.8 Å². The summed E-state index contributed by atoms with van der Waals surface area (Å²) in [6.45, 7) is 13.4. The lowest BCUT2D eigenvalue weighted by Gasteiger charge is -2.33. The molecule has 2 aliphatic heterocycles. The number of hydrogen-bond acceptors (Lipinski definition) is 7. The molecule has 0 radical (unpaired) electrons. The predicted molar refractivity (Wildman–Crippen MR) is 138 cm³/mol. The van der Waals surface area contributed by atoms with E-state index in [0.717, 1.165) is 78.9 Å². The zero-order valence-electron chi connectivity index (χ0n) is 20.2. The molecule has 8 nitrogen and oxygen atoms in total. The van der Waals surface area contributed by atoms with E-state index in [1.807, 2.05) is 23.7 Å². The Morgan fingerprint density at radius 2 is 1.74 bits per heavy atom. The van der Waals surface area contributed by atoms with Crippen LogP contribution in [0.4, 0.5) is 17.1 Å². The Morgan fingerprint density at radius 3 is 2.41 bits per heavy atom. The molecular weight excluding hydrogens is 450 g/mol. The Bertz CT molecular complexity index is 1160. The molecule has 3 aromatic rings. The van der Waals surface area contributed by atoms with E-state index in [1.165, 1.54) is 11.3 Å². The van der Waals surface area contributed by atoms with Crippen LogP contribution >= 0.6 is 11.3 Å². The maximum atomic E-state index is 13.3. The van der Waals surface area contributed by atoms with Gasteiger partial charge in [-0.2, -0.15) is 5.10 Å². The summed E-state index contributed by atoms with van der Waals surface area (Å²) in [5.41, 5.74) is 4.01. The number of anilines is 3. The fourth-order valence-electron chi connectivity index (χ4n) is 4.59. The highest BCUT2D eigenvalue weighted by molar-refractivity contribution is 7.20. The molecule has 182 valence electrons. The molecular formula is C25H33N5O3S. The van der Waals surface area contributed by atoms with E-state index in [9.17, 15) is 4.79 Å². The van der Waals surface area contributed by atoms with Gasteiger partial charge in [0, 0.05) is 43.8 Å². The van der Waals surface area contributed by atoms with Gasteiger partial charge in [0.1, 0.15) is 4.83 Å². The second-order valence-electron chi connectivity index (χ2n) is 9.35. The molecule has 0 aliphatic carbocycles. The number of aryl methyl sites for hydroxylation is 1. The highest BCUT2D eigenvalue weighted by Gasteiger charge is 2.22. The van der Waals surface area contributed by atoms with E-state index >= 15 is 0 Å². The molecule has 34 heavy (non-hydrogen) atoms. The van der Waals surface area contributed by atoms with Crippen LogP contribution in [0.3, 0.4) is 0 Å². The monoisotopic (exact) mass is 483 g/mol. The van der Waals surface area contributed by atoms with Crippen LogP contribution in [0, 0.1) is 12.8 Å². The van der Waals surface area contributed by atoms with Crippen molar-refractivity contribution in [2.24, 2.45) is 5.92 Å². The number of nitrogens with zero attached hydrogens (tertiary/aromatic N) is 4. The van der Waals surface area contributed by atoms with Gasteiger partial charge >= 0.3 is 0 Å². The molecule has 0 saturated carbocycles. The fourth-order valence-corrected chi connectivity index (χ4v) is 5.65. The summed E-state index contributed by atoms with van der Waals surface area (Å²) in [6, 6.07) is 8.31. The molecule has 9 heteroatoms. The number of morpholine rings is 2. The largest absolute Gasteiger partial charge is 0.378 e. The third kappa shape index (κ3) is 4.78. The average molecular weight is 484 g/mol. The molecule has 4 heterocycles. The molecule has 0 bridgehead atoms. The van der Waals surface area contributed by atoms with E-state index in [4.69, 9.17) is 9.47 Å². The van der Waals surface area contributed by atoms with Gasteiger partial charge < -0.3 is 24.6 Å². The van der Waals surface area contributed by atoms with Crippen molar-refractivity contribution in [3.8, 4) is 0 Å². The van der Waals surface area contributed by atoms with Crippen LogP contribution in [0.25, 0.3) is 10.2 Å².